The Morgan fingerprint density at radius 1 is 1.50 bits per heavy atom. The number of carboxylic acid groups (broad SMARTS) is 1. The molecular weight excluding hydrogens is 307 g/mol. The molecule has 1 saturated heterocycles. The van der Waals surface area contributed by atoms with Crippen molar-refractivity contribution in [2.75, 3.05) is 23.0 Å². The molecule has 1 fully saturated rings. The maximum atomic E-state index is 14.0. The van der Waals surface area contributed by atoms with Crippen LogP contribution in [-0.2, 0) is 14.8 Å². The van der Waals surface area contributed by atoms with E-state index >= 15 is 0 Å². The first-order valence-corrected chi connectivity index (χ1v) is 8.40. The van der Waals surface area contributed by atoms with Crippen molar-refractivity contribution in [3.8, 4) is 0 Å². The van der Waals surface area contributed by atoms with Gasteiger partial charge in [-0.2, -0.15) is 11.8 Å². The Hall–Kier alpha value is -1.32. The van der Waals surface area contributed by atoms with E-state index in [-0.39, 0.29) is 10.6 Å². The molecule has 20 heavy (non-hydrogen) atoms. The first-order chi connectivity index (χ1) is 9.30. The summed E-state index contributed by atoms with van der Waals surface area (Å²) in [5.74, 6) is -0.798. The Kier molecular flexibility index (Phi) is 4.21. The second kappa shape index (κ2) is 5.58. The predicted octanol–water partition coefficient (Wildman–Crippen LogP) is 0.479. The molecule has 1 aromatic rings. The molecule has 1 unspecified atom stereocenters. The molecule has 1 aliphatic heterocycles. The minimum absolute atomic E-state index is 0.0742. The number of hydrogen-bond acceptors (Lipinski definition) is 5. The second-order valence-corrected chi connectivity index (χ2v) is 6.99. The molecule has 9 heteroatoms. The summed E-state index contributed by atoms with van der Waals surface area (Å²) in [6.45, 7) is 0.382. The Labute approximate surface area is 119 Å². The summed E-state index contributed by atoms with van der Waals surface area (Å²) in [6.07, 6.45) is 0. The summed E-state index contributed by atoms with van der Waals surface area (Å²) in [6, 6.07) is 2.41. The normalized spacial score (nSPS) is 19.9. The van der Waals surface area contributed by atoms with Crippen LogP contribution >= 0.6 is 11.8 Å². The van der Waals surface area contributed by atoms with E-state index < -0.39 is 27.9 Å². The van der Waals surface area contributed by atoms with E-state index in [0.29, 0.717) is 18.1 Å². The molecule has 0 amide bonds. The molecule has 110 valence electrons. The van der Waals surface area contributed by atoms with Crippen molar-refractivity contribution < 1.29 is 22.7 Å². The summed E-state index contributed by atoms with van der Waals surface area (Å²) in [7, 11) is -3.98. The summed E-state index contributed by atoms with van der Waals surface area (Å²) in [4.78, 5) is 12.3. The average Bonchev–Trinajstić information content (AvgIpc) is 2.37. The van der Waals surface area contributed by atoms with Crippen LogP contribution in [0.15, 0.2) is 23.1 Å². The van der Waals surface area contributed by atoms with Gasteiger partial charge in [-0.1, -0.05) is 0 Å². The minimum Gasteiger partial charge on any atom is -0.480 e. The molecule has 0 spiro atoms. The van der Waals surface area contributed by atoms with Crippen molar-refractivity contribution >= 4 is 33.4 Å². The topological polar surface area (TPSA) is 101 Å². The third-order valence-electron chi connectivity index (χ3n) is 2.97. The number of nitrogens with zero attached hydrogens (tertiary/aromatic N) is 1. The number of rotatable bonds is 3. The van der Waals surface area contributed by atoms with Crippen LogP contribution in [-0.4, -0.2) is 43.6 Å². The molecule has 0 aliphatic carbocycles. The number of hydrogen-bond donors (Lipinski definition) is 2. The smallest absolute Gasteiger partial charge is 0.327 e. The molecule has 1 atom stereocenters. The first-order valence-electron chi connectivity index (χ1n) is 5.70. The highest BCUT2D eigenvalue weighted by atomic mass is 32.2. The van der Waals surface area contributed by atoms with Crippen molar-refractivity contribution in [1.82, 2.24) is 0 Å². The Bertz CT molecular complexity index is 635. The first kappa shape index (κ1) is 15.1. The molecule has 0 radical (unpaired) electrons. The number of nitrogens with two attached hydrogens (primary N) is 1. The second-order valence-electron chi connectivity index (χ2n) is 4.28. The van der Waals surface area contributed by atoms with E-state index in [9.17, 15) is 17.6 Å². The van der Waals surface area contributed by atoms with E-state index in [1.54, 1.807) is 0 Å². The molecule has 0 saturated carbocycles. The van der Waals surface area contributed by atoms with Crippen molar-refractivity contribution in [2.24, 2.45) is 5.14 Å². The molecular formula is C11H13FN2O4S2. The maximum Gasteiger partial charge on any atom is 0.327 e. The number of anilines is 1. The fraction of sp³-hybridized carbons (Fsp3) is 0.364. The highest BCUT2D eigenvalue weighted by Crippen LogP contribution is 2.28. The number of carboxylic acids is 1. The molecule has 1 heterocycles. The van der Waals surface area contributed by atoms with Crippen LogP contribution in [0.3, 0.4) is 0 Å². The maximum absolute atomic E-state index is 14.0. The van der Waals surface area contributed by atoms with Gasteiger partial charge in [0, 0.05) is 18.1 Å². The molecule has 6 nitrogen and oxygen atoms in total. The van der Waals surface area contributed by atoms with Crippen molar-refractivity contribution in [2.45, 2.75) is 10.9 Å². The number of aliphatic carboxylic acids is 1. The van der Waals surface area contributed by atoms with E-state index in [4.69, 9.17) is 10.2 Å². The molecule has 0 aromatic heterocycles. The average molecular weight is 320 g/mol. The van der Waals surface area contributed by atoms with Crippen LogP contribution in [0.25, 0.3) is 0 Å². The van der Waals surface area contributed by atoms with Gasteiger partial charge in [-0.15, -0.1) is 0 Å². The van der Waals surface area contributed by atoms with Gasteiger partial charge in [-0.05, 0) is 18.2 Å². The Morgan fingerprint density at radius 2 is 2.20 bits per heavy atom. The van der Waals surface area contributed by atoms with Gasteiger partial charge in [0.15, 0.2) is 0 Å². The van der Waals surface area contributed by atoms with E-state index in [0.717, 1.165) is 6.07 Å². The lowest BCUT2D eigenvalue weighted by Crippen LogP contribution is -2.47. The SMILES string of the molecule is NS(=O)(=O)c1ccc(N2CCSCC2C(=O)O)c(F)c1. The Balaban J connectivity index is 2.39. The minimum atomic E-state index is -3.98. The van der Waals surface area contributed by atoms with Crippen LogP contribution in [0, 0.1) is 5.82 Å². The fourth-order valence-electron chi connectivity index (χ4n) is 1.99. The number of halogens is 1. The summed E-state index contributed by atoms with van der Waals surface area (Å²) in [5, 5.41) is 14.1. The highest BCUT2D eigenvalue weighted by molar-refractivity contribution is 7.99. The van der Waals surface area contributed by atoms with Gasteiger partial charge in [0.1, 0.15) is 11.9 Å². The number of carbonyl (C=O) groups is 1. The molecule has 1 aliphatic rings. The zero-order valence-electron chi connectivity index (χ0n) is 10.3. The number of benzene rings is 1. The van der Waals surface area contributed by atoms with Gasteiger partial charge < -0.3 is 10.0 Å². The lowest BCUT2D eigenvalue weighted by atomic mass is 10.2. The quantitative estimate of drug-likeness (QED) is 0.840. The van der Waals surface area contributed by atoms with Crippen molar-refractivity contribution in [3.63, 3.8) is 0 Å². The largest absolute Gasteiger partial charge is 0.480 e. The number of sulfonamides is 1. The van der Waals surface area contributed by atoms with E-state index in [2.05, 4.69) is 0 Å². The van der Waals surface area contributed by atoms with Gasteiger partial charge in [-0.3, -0.25) is 0 Å². The third kappa shape index (κ3) is 3.05. The molecule has 2 rings (SSSR count). The zero-order chi connectivity index (χ0) is 14.9. The highest BCUT2D eigenvalue weighted by Gasteiger charge is 2.30. The fourth-order valence-corrected chi connectivity index (χ4v) is 3.56. The molecule has 0 bridgehead atoms. The van der Waals surface area contributed by atoms with E-state index in [1.165, 1.54) is 28.8 Å². The van der Waals surface area contributed by atoms with E-state index in [1.807, 2.05) is 0 Å². The monoisotopic (exact) mass is 320 g/mol. The molecule has 3 N–H and O–H groups in total. The van der Waals surface area contributed by atoms with Gasteiger partial charge in [0.25, 0.3) is 0 Å². The summed E-state index contributed by atoms with van der Waals surface area (Å²) >= 11 is 1.48. The van der Waals surface area contributed by atoms with Crippen LogP contribution in [0.2, 0.25) is 0 Å². The van der Waals surface area contributed by atoms with Gasteiger partial charge in [0.2, 0.25) is 10.0 Å². The van der Waals surface area contributed by atoms with Gasteiger partial charge in [-0.25, -0.2) is 22.7 Å². The van der Waals surface area contributed by atoms with Crippen molar-refractivity contribution in [1.29, 1.82) is 0 Å². The molecule has 1 aromatic carbocycles. The predicted molar refractivity (Wildman–Crippen MR) is 73.9 cm³/mol. The lowest BCUT2D eigenvalue weighted by molar-refractivity contribution is -0.138. The summed E-state index contributed by atoms with van der Waals surface area (Å²) in [5.41, 5.74) is 0.0742. The number of thioether (sulfide) groups is 1. The van der Waals surface area contributed by atoms with Gasteiger partial charge >= 0.3 is 5.97 Å². The Morgan fingerprint density at radius 3 is 2.75 bits per heavy atom. The van der Waals surface area contributed by atoms with Crippen LogP contribution in [0.5, 0.6) is 0 Å². The van der Waals surface area contributed by atoms with Crippen LogP contribution in [0.1, 0.15) is 0 Å². The third-order valence-corrected chi connectivity index (χ3v) is 4.90. The zero-order valence-corrected chi connectivity index (χ0v) is 12.0. The number of primary sulfonamides is 1. The lowest BCUT2D eigenvalue weighted by Gasteiger charge is -2.34. The van der Waals surface area contributed by atoms with Gasteiger partial charge in [0.05, 0.1) is 10.6 Å². The summed E-state index contributed by atoms with van der Waals surface area (Å²) < 4.78 is 36.3. The van der Waals surface area contributed by atoms with Crippen LogP contribution in [0.4, 0.5) is 10.1 Å². The standard InChI is InChI=1S/C11H13FN2O4S2/c12-8-5-7(20(13,17)18)1-2-9(8)14-3-4-19-6-10(14)11(15)16/h1-2,5,10H,3-4,6H2,(H,15,16)(H2,13,17,18). The van der Waals surface area contributed by atoms with Crippen molar-refractivity contribution in [3.05, 3.63) is 24.0 Å². The van der Waals surface area contributed by atoms with Crippen LogP contribution < -0.4 is 10.0 Å².